The van der Waals surface area contributed by atoms with E-state index in [0.29, 0.717) is 5.56 Å². The molecule has 0 saturated carbocycles. The average molecular weight is 291 g/mol. The molecule has 5 nitrogen and oxygen atoms in total. The van der Waals surface area contributed by atoms with Gasteiger partial charge in [0.25, 0.3) is 0 Å². The molecule has 19 heavy (non-hydrogen) atoms. The van der Waals surface area contributed by atoms with E-state index in [9.17, 15) is 12.8 Å². The van der Waals surface area contributed by atoms with Crippen LogP contribution < -0.4 is 9.46 Å². The molecule has 0 saturated heterocycles. The van der Waals surface area contributed by atoms with Crippen molar-refractivity contribution in [3.63, 3.8) is 0 Å². The van der Waals surface area contributed by atoms with Gasteiger partial charge in [0.15, 0.2) is 11.6 Å². The lowest BCUT2D eigenvalue weighted by Gasteiger charge is -2.15. The number of ether oxygens (including phenoxy) is 2. The van der Waals surface area contributed by atoms with Gasteiger partial charge in [-0.3, -0.25) is 0 Å². The van der Waals surface area contributed by atoms with Crippen molar-refractivity contribution >= 4 is 10.0 Å². The zero-order valence-corrected chi connectivity index (χ0v) is 12.0. The third-order valence-corrected chi connectivity index (χ3v) is 4.01. The van der Waals surface area contributed by atoms with Crippen LogP contribution in [0.2, 0.25) is 0 Å². The summed E-state index contributed by atoms with van der Waals surface area (Å²) < 4.78 is 48.8. The van der Waals surface area contributed by atoms with Crippen LogP contribution in [-0.2, 0) is 14.8 Å². The Morgan fingerprint density at radius 3 is 2.58 bits per heavy atom. The van der Waals surface area contributed by atoms with Crippen LogP contribution in [0.15, 0.2) is 18.2 Å². The van der Waals surface area contributed by atoms with Gasteiger partial charge in [0.2, 0.25) is 10.0 Å². The fraction of sp³-hybridized carbons (Fsp3) is 0.500. The van der Waals surface area contributed by atoms with E-state index in [0.717, 1.165) is 0 Å². The molecule has 1 N–H and O–H groups in total. The first-order valence-corrected chi connectivity index (χ1v) is 7.37. The summed E-state index contributed by atoms with van der Waals surface area (Å²) in [5.74, 6) is -0.534. The number of methoxy groups -OCH3 is 2. The summed E-state index contributed by atoms with van der Waals surface area (Å²) in [5, 5.41) is 0. The lowest BCUT2D eigenvalue weighted by molar-refractivity contribution is 0.216. The normalized spacial score (nSPS) is 13.3. The molecule has 0 bridgehead atoms. The topological polar surface area (TPSA) is 64.6 Å². The Morgan fingerprint density at radius 1 is 1.37 bits per heavy atom. The molecule has 0 aliphatic heterocycles. The van der Waals surface area contributed by atoms with Crippen molar-refractivity contribution < 1.29 is 22.3 Å². The number of sulfonamides is 1. The van der Waals surface area contributed by atoms with Crippen LogP contribution in [0.4, 0.5) is 4.39 Å². The van der Waals surface area contributed by atoms with Crippen LogP contribution in [0.1, 0.15) is 18.5 Å². The van der Waals surface area contributed by atoms with Crippen LogP contribution in [-0.4, -0.2) is 35.0 Å². The quantitative estimate of drug-likeness (QED) is 0.826. The van der Waals surface area contributed by atoms with Crippen LogP contribution >= 0.6 is 0 Å². The first-order valence-electron chi connectivity index (χ1n) is 5.72. The van der Waals surface area contributed by atoms with Gasteiger partial charge in [0.05, 0.1) is 19.5 Å². The van der Waals surface area contributed by atoms with Gasteiger partial charge in [-0.15, -0.1) is 0 Å². The van der Waals surface area contributed by atoms with E-state index in [1.807, 2.05) is 0 Å². The number of rotatable bonds is 7. The van der Waals surface area contributed by atoms with Crippen molar-refractivity contribution in [2.45, 2.75) is 13.0 Å². The standard InChI is InChI=1S/C12H18FNO4S/c1-9(14-19(15,16)7-6-17-2)10-4-5-12(18-3)11(13)8-10/h4-5,8-9,14H,6-7H2,1-3H3. The van der Waals surface area contributed by atoms with Gasteiger partial charge in [0.1, 0.15) is 0 Å². The van der Waals surface area contributed by atoms with Crippen LogP contribution in [0.25, 0.3) is 0 Å². The summed E-state index contributed by atoms with van der Waals surface area (Å²) in [5.41, 5.74) is 0.527. The zero-order chi connectivity index (χ0) is 14.5. The second kappa shape index (κ2) is 6.83. The molecule has 108 valence electrons. The first-order chi connectivity index (χ1) is 8.89. The van der Waals surface area contributed by atoms with E-state index in [1.54, 1.807) is 13.0 Å². The highest BCUT2D eigenvalue weighted by atomic mass is 32.2. The summed E-state index contributed by atoms with van der Waals surface area (Å²) in [4.78, 5) is 0. The molecule has 0 amide bonds. The third-order valence-electron chi connectivity index (χ3n) is 2.59. The van der Waals surface area contributed by atoms with Crippen molar-refractivity contribution in [1.82, 2.24) is 4.72 Å². The van der Waals surface area contributed by atoms with E-state index >= 15 is 0 Å². The summed E-state index contributed by atoms with van der Waals surface area (Å²) in [6.07, 6.45) is 0. The molecule has 7 heteroatoms. The number of benzene rings is 1. The second-order valence-corrected chi connectivity index (χ2v) is 5.92. The summed E-state index contributed by atoms with van der Waals surface area (Å²) >= 11 is 0. The molecule has 0 heterocycles. The predicted octanol–water partition coefficient (Wildman–Crippen LogP) is 1.46. The highest BCUT2D eigenvalue weighted by molar-refractivity contribution is 7.89. The van der Waals surface area contributed by atoms with Crippen molar-refractivity contribution in [1.29, 1.82) is 0 Å². The number of hydrogen-bond donors (Lipinski definition) is 1. The molecule has 1 aromatic carbocycles. The zero-order valence-electron chi connectivity index (χ0n) is 11.1. The van der Waals surface area contributed by atoms with Crippen molar-refractivity contribution in [2.24, 2.45) is 0 Å². The Balaban J connectivity index is 2.78. The monoisotopic (exact) mass is 291 g/mol. The third kappa shape index (κ3) is 4.77. The van der Waals surface area contributed by atoms with Gasteiger partial charge >= 0.3 is 0 Å². The first kappa shape index (κ1) is 15.9. The predicted molar refractivity (Wildman–Crippen MR) is 70.2 cm³/mol. The minimum atomic E-state index is -3.45. The van der Waals surface area contributed by atoms with Gasteiger partial charge in [-0.25, -0.2) is 17.5 Å². The lowest BCUT2D eigenvalue weighted by atomic mass is 10.1. The van der Waals surface area contributed by atoms with Gasteiger partial charge in [-0.05, 0) is 24.6 Å². The Morgan fingerprint density at radius 2 is 2.05 bits per heavy atom. The lowest BCUT2D eigenvalue weighted by Crippen LogP contribution is -2.30. The fourth-order valence-corrected chi connectivity index (χ4v) is 2.72. The molecule has 0 aromatic heterocycles. The van der Waals surface area contributed by atoms with Crippen LogP contribution in [0.5, 0.6) is 5.75 Å². The van der Waals surface area contributed by atoms with E-state index in [-0.39, 0.29) is 18.1 Å². The van der Waals surface area contributed by atoms with E-state index in [1.165, 1.54) is 26.4 Å². The van der Waals surface area contributed by atoms with Crippen LogP contribution in [0.3, 0.4) is 0 Å². The molecule has 0 aliphatic carbocycles. The molecule has 1 rings (SSSR count). The van der Waals surface area contributed by atoms with Crippen molar-refractivity contribution in [3.8, 4) is 5.75 Å². The molecule has 1 aromatic rings. The number of nitrogens with one attached hydrogen (secondary N) is 1. The Kier molecular flexibility index (Phi) is 5.71. The highest BCUT2D eigenvalue weighted by Crippen LogP contribution is 2.22. The Labute approximate surface area is 112 Å². The number of hydrogen-bond acceptors (Lipinski definition) is 4. The van der Waals surface area contributed by atoms with Gasteiger partial charge in [0, 0.05) is 13.2 Å². The average Bonchev–Trinajstić information content (AvgIpc) is 2.35. The largest absolute Gasteiger partial charge is 0.494 e. The summed E-state index contributed by atoms with van der Waals surface area (Å²) in [6.45, 7) is 1.75. The molecular formula is C12H18FNO4S. The molecule has 0 fully saturated rings. The maximum Gasteiger partial charge on any atom is 0.214 e. The van der Waals surface area contributed by atoms with Gasteiger partial charge < -0.3 is 9.47 Å². The second-order valence-electron chi connectivity index (χ2n) is 4.05. The van der Waals surface area contributed by atoms with E-state index in [2.05, 4.69) is 4.72 Å². The molecule has 0 radical (unpaired) electrons. The minimum Gasteiger partial charge on any atom is -0.494 e. The van der Waals surface area contributed by atoms with E-state index in [4.69, 9.17) is 9.47 Å². The minimum absolute atomic E-state index is 0.110. The molecule has 0 aliphatic rings. The summed E-state index contributed by atoms with van der Waals surface area (Å²) in [6, 6.07) is 3.81. The summed E-state index contributed by atoms with van der Waals surface area (Å²) in [7, 11) is -0.650. The van der Waals surface area contributed by atoms with Gasteiger partial charge in [-0.1, -0.05) is 6.07 Å². The smallest absolute Gasteiger partial charge is 0.214 e. The Hall–Kier alpha value is -1.18. The molecule has 0 spiro atoms. The number of halogens is 1. The van der Waals surface area contributed by atoms with Crippen LogP contribution in [0, 0.1) is 5.82 Å². The fourth-order valence-electron chi connectivity index (χ4n) is 1.54. The SMILES string of the molecule is COCCS(=O)(=O)NC(C)c1ccc(OC)c(F)c1. The molecule has 1 unspecified atom stereocenters. The maximum atomic E-state index is 13.5. The van der Waals surface area contributed by atoms with Crippen molar-refractivity contribution in [2.75, 3.05) is 26.6 Å². The highest BCUT2D eigenvalue weighted by Gasteiger charge is 2.16. The van der Waals surface area contributed by atoms with Gasteiger partial charge in [-0.2, -0.15) is 0 Å². The maximum absolute atomic E-state index is 13.5. The van der Waals surface area contributed by atoms with E-state index < -0.39 is 21.9 Å². The van der Waals surface area contributed by atoms with Crippen molar-refractivity contribution in [3.05, 3.63) is 29.6 Å². The molecular weight excluding hydrogens is 273 g/mol. The molecule has 1 atom stereocenters. The Bertz CT molecular complexity index is 518.